The number of halogens is 1. The normalized spacial score (nSPS) is 17.9. The Labute approximate surface area is 229 Å². The van der Waals surface area contributed by atoms with Crippen LogP contribution in [-0.2, 0) is 26.9 Å². The summed E-state index contributed by atoms with van der Waals surface area (Å²) in [6, 6.07) is 15.7. The number of carbonyl (C=O) groups excluding carboxylic acids is 1. The van der Waals surface area contributed by atoms with Crippen molar-refractivity contribution in [3.8, 4) is 5.75 Å². The highest BCUT2D eigenvalue weighted by Gasteiger charge is 2.43. The van der Waals surface area contributed by atoms with Crippen LogP contribution >= 0.6 is 0 Å². The molecule has 1 aliphatic rings. The van der Waals surface area contributed by atoms with E-state index < -0.39 is 19.3 Å². The van der Waals surface area contributed by atoms with Crippen LogP contribution in [0, 0.1) is 11.2 Å². The Kier molecular flexibility index (Phi) is 9.82. The summed E-state index contributed by atoms with van der Waals surface area (Å²) in [5.41, 5.74) is 0.934. The molecule has 1 aliphatic heterocycles. The molecule has 0 aromatic heterocycles. The maximum Gasteiger partial charge on any atom is 0.311 e. The highest BCUT2D eigenvalue weighted by atomic mass is 28.4. The van der Waals surface area contributed by atoms with Crippen LogP contribution in [0.5, 0.6) is 5.75 Å². The van der Waals surface area contributed by atoms with Gasteiger partial charge < -0.3 is 14.0 Å². The molecule has 0 bridgehead atoms. The van der Waals surface area contributed by atoms with E-state index in [1.54, 1.807) is 12.1 Å². The van der Waals surface area contributed by atoms with Crippen molar-refractivity contribution in [2.75, 3.05) is 6.54 Å². The lowest BCUT2D eigenvalue weighted by molar-refractivity contribution is -0.165. The van der Waals surface area contributed by atoms with Crippen LogP contribution in [0.3, 0.4) is 0 Å². The van der Waals surface area contributed by atoms with Gasteiger partial charge in [-0.1, -0.05) is 30.3 Å². The van der Waals surface area contributed by atoms with E-state index in [2.05, 4.69) is 37.2 Å². The molecule has 7 heteroatoms. The largest absolute Gasteiger partial charge is 0.489 e. The summed E-state index contributed by atoms with van der Waals surface area (Å²) < 4.78 is 32.9. The molecule has 2 aromatic rings. The van der Waals surface area contributed by atoms with Gasteiger partial charge in [0, 0.05) is 6.54 Å². The summed E-state index contributed by atoms with van der Waals surface area (Å²) in [6.45, 7) is 16.8. The smallest absolute Gasteiger partial charge is 0.311 e. The number of benzene rings is 2. The van der Waals surface area contributed by atoms with E-state index in [4.69, 9.17) is 14.0 Å². The van der Waals surface area contributed by atoms with Gasteiger partial charge >= 0.3 is 5.97 Å². The molecule has 3 rings (SSSR count). The van der Waals surface area contributed by atoms with E-state index >= 15 is 0 Å². The van der Waals surface area contributed by atoms with Crippen molar-refractivity contribution < 1.29 is 23.2 Å². The van der Waals surface area contributed by atoms with Gasteiger partial charge in [-0.05, 0) is 116 Å². The van der Waals surface area contributed by atoms with Gasteiger partial charge in [-0.15, -0.1) is 0 Å². The molecule has 0 radical (unpaired) electrons. The Morgan fingerprint density at radius 3 is 2.42 bits per heavy atom. The minimum atomic E-state index is -2.27. The Hall–Kier alpha value is -2.22. The first-order valence-corrected chi connectivity index (χ1v) is 16.9. The molecule has 5 nitrogen and oxygen atoms in total. The van der Waals surface area contributed by atoms with E-state index in [0.29, 0.717) is 12.5 Å². The van der Waals surface area contributed by atoms with Gasteiger partial charge in [0.05, 0.1) is 11.5 Å². The van der Waals surface area contributed by atoms with Gasteiger partial charge in [-0.25, -0.2) is 4.39 Å². The van der Waals surface area contributed by atoms with Crippen LogP contribution < -0.4 is 4.74 Å². The number of carbonyl (C=O) groups is 1. The predicted molar refractivity (Wildman–Crippen MR) is 153 cm³/mol. The lowest BCUT2D eigenvalue weighted by atomic mass is 9.96. The fourth-order valence-corrected chi connectivity index (χ4v) is 8.51. The second-order valence-corrected chi connectivity index (χ2v) is 16.9. The van der Waals surface area contributed by atoms with Crippen LogP contribution in [0.15, 0.2) is 48.5 Å². The highest BCUT2D eigenvalue weighted by molar-refractivity contribution is 6.71. The molecule has 0 amide bonds. The van der Waals surface area contributed by atoms with Gasteiger partial charge in [0.15, 0.2) is 0 Å². The Bertz CT molecular complexity index is 1070. The van der Waals surface area contributed by atoms with Crippen molar-refractivity contribution in [1.29, 1.82) is 0 Å². The molecular weight excluding hydrogens is 497 g/mol. The number of hydroxylamine groups is 2. The molecule has 0 N–H and O–H groups in total. The zero-order chi connectivity index (χ0) is 28.1. The average molecular weight is 544 g/mol. The Balaban J connectivity index is 1.65. The van der Waals surface area contributed by atoms with Crippen molar-refractivity contribution in [2.45, 2.75) is 104 Å². The van der Waals surface area contributed by atoms with E-state index in [-0.39, 0.29) is 23.9 Å². The lowest BCUT2D eigenvalue weighted by Gasteiger charge is -2.38. The summed E-state index contributed by atoms with van der Waals surface area (Å²) >= 11 is 0. The summed E-state index contributed by atoms with van der Waals surface area (Å²) in [5.74, 6) is 0.284. The first-order valence-electron chi connectivity index (χ1n) is 13.8. The third-order valence-electron chi connectivity index (χ3n) is 6.83. The number of rotatable bonds is 11. The predicted octanol–water partition coefficient (Wildman–Crippen LogP) is 7.35. The standard InChI is InChI=1S/C31H46FNO4Si/c1-23(35-28-19-18-26(32)21-25(28)17-16-24-13-10-9-11-14-24)27-15-12-20-33(27)37-38(7,8)22-31(5,6)29(34)36-30(2,3)4/h9-11,13-14,18-19,21,23,27H,12,15-17,20,22H2,1-8H3. The molecule has 1 heterocycles. The van der Waals surface area contributed by atoms with Crippen LogP contribution in [-0.4, -0.2) is 43.6 Å². The molecule has 1 saturated heterocycles. The third-order valence-corrected chi connectivity index (χ3v) is 9.30. The highest BCUT2D eigenvalue weighted by Crippen LogP contribution is 2.35. The maximum absolute atomic E-state index is 14.1. The van der Waals surface area contributed by atoms with Crippen LogP contribution in [0.2, 0.25) is 19.1 Å². The summed E-state index contributed by atoms with van der Waals surface area (Å²) in [5, 5.41) is 2.08. The van der Waals surface area contributed by atoms with Crippen molar-refractivity contribution in [2.24, 2.45) is 5.41 Å². The summed E-state index contributed by atoms with van der Waals surface area (Å²) in [4.78, 5) is 12.9. The number of hydrogen-bond donors (Lipinski definition) is 0. The fraction of sp³-hybridized carbons (Fsp3) is 0.581. The summed E-state index contributed by atoms with van der Waals surface area (Å²) in [6.07, 6.45) is 3.36. The number of hydrogen-bond acceptors (Lipinski definition) is 5. The number of esters is 1. The monoisotopic (exact) mass is 543 g/mol. The fourth-order valence-electron chi connectivity index (χ4n) is 5.31. The molecule has 2 atom stereocenters. The second-order valence-electron chi connectivity index (χ2n) is 12.8. The van der Waals surface area contributed by atoms with Crippen LogP contribution in [0.25, 0.3) is 0 Å². The molecule has 0 spiro atoms. The molecule has 210 valence electrons. The van der Waals surface area contributed by atoms with Crippen molar-refractivity contribution in [1.82, 2.24) is 5.06 Å². The minimum Gasteiger partial charge on any atom is -0.489 e. The van der Waals surface area contributed by atoms with Crippen molar-refractivity contribution in [3.05, 3.63) is 65.5 Å². The topological polar surface area (TPSA) is 48.0 Å². The molecule has 38 heavy (non-hydrogen) atoms. The van der Waals surface area contributed by atoms with E-state index in [1.165, 1.54) is 11.6 Å². The Morgan fingerprint density at radius 1 is 1.08 bits per heavy atom. The number of aryl methyl sites for hydroxylation is 2. The van der Waals surface area contributed by atoms with E-state index in [1.807, 2.05) is 52.8 Å². The molecular formula is C31H46FNO4Si. The SMILES string of the molecule is CC(Oc1ccc(F)cc1CCc1ccccc1)C1CCCN1O[Si](C)(C)CC(C)(C)C(=O)OC(C)(C)C. The maximum atomic E-state index is 14.1. The minimum absolute atomic E-state index is 0.0819. The Morgan fingerprint density at radius 2 is 1.76 bits per heavy atom. The molecule has 0 aliphatic carbocycles. The van der Waals surface area contributed by atoms with Gasteiger partial charge in [-0.2, -0.15) is 5.06 Å². The van der Waals surface area contributed by atoms with E-state index in [0.717, 1.165) is 37.1 Å². The quantitative estimate of drug-likeness (QED) is 0.219. The molecule has 0 saturated carbocycles. The summed E-state index contributed by atoms with van der Waals surface area (Å²) in [7, 11) is -2.27. The van der Waals surface area contributed by atoms with Gasteiger partial charge in [0.25, 0.3) is 0 Å². The van der Waals surface area contributed by atoms with Crippen LogP contribution in [0.4, 0.5) is 4.39 Å². The number of ether oxygens (including phenoxy) is 2. The zero-order valence-corrected chi connectivity index (χ0v) is 25.5. The van der Waals surface area contributed by atoms with Gasteiger partial charge in [-0.3, -0.25) is 4.79 Å². The average Bonchev–Trinajstić information content (AvgIpc) is 3.25. The van der Waals surface area contributed by atoms with Gasteiger partial charge in [0.2, 0.25) is 8.32 Å². The van der Waals surface area contributed by atoms with Crippen molar-refractivity contribution >= 4 is 14.3 Å². The second kappa shape index (κ2) is 12.3. The van der Waals surface area contributed by atoms with Crippen LogP contribution in [0.1, 0.15) is 65.5 Å². The molecule has 2 unspecified atom stereocenters. The van der Waals surface area contributed by atoms with Crippen molar-refractivity contribution in [3.63, 3.8) is 0 Å². The molecule has 1 fully saturated rings. The zero-order valence-electron chi connectivity index (χ0n) is 24.5. The van der Waals surface area contributed by atoms with Gasteiger partial charge in [0.1, 0.15) is 23.3 Å². The van der Waals surface area contributed by atoms with E-state index in [9.17, 15) is 9.18 Å². The third kappa shape index (κ3) is 8.92. The lowest BCUT2D eigenvalue weighted by Crippen LogP contribution is -2.49. The molecule has 2 aromatic carbocycles. The number of nitrogens with zero attached hydrogens (tertiary/aromatic N) is 1. The first kappa shape index (κ1) is 30.3. The first-order chi connectivity index (χ1) is 17.7.